The van der Waals surface area contributed by atoms with Gasteiger partial charge in [-0.05, 0) is 12.1 Å². The summed E-state index contributed by atoms with van der Waals surface area (Å²) in [5, 5.41) is 0. The number of aryl methyl sites for hydroxylation is 1. The Labute approximate surface area is 93.7 Å². The van der Waals surface area contributed by atoms with E-state index in [-0.39, 0.29) is 5.91 Å². The zero-order valence-corrected chi connectivity index (χ0v) is 9.05. The van der Waals surface area contributed by atoms with E-state index in [1.807, 2.05) is 6.92 Å². The fourth-order valence-electron chi connectivity index (χ4n) is 1.60. The standard InChI is InChI=1S/C12H13N3O/c1-2-11-14-7-8-15(11)12(16)9-5-3-4-6-10(9)13/h3-8H,2,13H2,1H3. The summed E-state index contributed by atoms with van der Waals surface area (Å²) < 4.78 is 1.53. The van der Waals surface area contributed by atoms with Crippen LogP contribution in [0.5, 0.6) is 0 Å². The molecule has 0 saturated heterocycles. The Kier molecular flexibility index (Phi) is 2.72. The molecule has 0 bridgehead atoms. The molecule has 0 aliphatic heterocycles. The lowest BCUT2D eigenvalue weighted by molar-refractivity contribution is 0.0957. The molecule has 0 aliphatic rings. The summed E-state index contributed by atoms with van der Waals surface area (Å²) in [5.74, 6) is 0.612. The number of carbonyl (C=O) groups is 1. The number of rotatable bonds is 2. The van der Waals surface area contributed by atoms with Gasteiger partial charge >= 0.3 is 0 Å². The molecule has 0 saturated carbocycles. The first-order chi connectivity index (χ1) is 7.74. The zero-order chi connectivity index (χ0) is 11.5. The van der Waals surface area contributed by atoms with Gasteiger partial charge in [-0.3, -0.25) is 9.36 Å². The lowest BCUT2D eigenvalue weighted by atomic mass is 10.1. The number of imidazole rings is 1. The summed E-state index contributed by atoms with van der Waals surface area (Å²) in [5.41, 5.74) is 6.76. The van der Waals surface area contributed by atoms with Crippen molar-refractivity contribution in [3.63, 3.8) is 0 Å². The number of aromatic nitrogens is 2. The van der Waals surface area contributed by atoms with Crippen LogP contribution >= 0.6 is 0 Å². The summed E-state index contributed by atoms with van der Waals surface area (Å²) in [6.07, 6.45) is 3.99. The number of carbonyl (C=O) groups excluding carboxylic acids is 1. The summed E-state index contributed by atoms with van der Waals surface area (Å²) in [6.45, 7) is 1.96. The van der Waals surface area contributed by atoms with Gasteiger partial charge in [0.1, 0.15) is 5.82 Å². The van der Waals surface area contributed by atoms with E-state index in [0.29, 0.717) is 17.7 Å². The Morgan fingerprint density at radius 1 is 1.44 bits per heavy atom. The topological polar surface area (TPSA) is 60.9 Å². The van der Waals surface area contributed by atoms with Crippen LogP contribution < -0.4 is 5.73 Å². The smallest absolute Gasteiger partial charge is 0.265 e. The van der Waals surface area contributed by atoms with E-state index >= 15 is 0 Å². The van der Waals surface area contributed by atoms with Crippen molar-refractivity contribution in [2.75, 3.05) is 5.73 Å². The minimum atomic E-state index is -0.132. The lowest BCUT2D eigenvalue weighted by Crippen LogP contribution is -2.15. The van der Waals surface area contributed by atoms with E-state index in [2.05, 4.69) is 4.98 Å². The number of benzene rings is 1. The molecule has 2 aromatic rings. The van der Waals surface area contributed by atoms with Crippen LogP contribution in [0.15, 0.2) is 36.7 Å². The number of nitrogen functional groups attached to an aromatic ring is 1. The number of hydrogen-bond acceptors (Lipinski definition) is 3. The van der Waals surface area contributed by atoms with Gasteiger partial charge in [0, 0.05) is 24.5 Å². The minimum absolute atomic E-state index is 0.132. The van der Waals surface area contributed by atoms with Crippen molar-refractivity contribution >= 4 is 11.6 Å². The maximum Gasteiger partial charge on any atom is 0.265 e. The van der Waals surface area contributed by atoms with Crippen molar-refractivity contribution in [3.05, 3.63) is 48.0 Å². The van der Waals surface area contributed by atoms with Gasteiger partial charge in [-0.15, -0.1) is 0 Å². The normalized spacial score (nSPS) is 10.3. The van der Waals surface area contributed by atoms with E-state index in [0.717, 1.165) is 5.82 Å². The molecule has 0 aliphatic carbocycles. The van der Waals surface area contributed by atoms with Crippen molar-refractivity contribution in [2.24, 2.45) is 0 Å². The monoisotopic (exact) mass is 215 g/mol. The Hall–Kier alpha value is -2.10. The summed E-state index contributed by atoms with van der Waals surface area (Å²) in [7, 11) is 0. The predicted molar refractivity (Wildman–Crippen MR) is 62.2 cm³/mol. The van der Waals surface area contributed by atoms with Gasteiger partial charge in [0.15, 0.2) is 0 Å². The molecule has 0 amide bonds. The maximum absolute atomic E-state index is 12.2. The molecule has 0 radical (unpaired) electrons. The van der Waals surface area contributed by atoms with Crippen molar-refractivity contribution in [3.8, 4) is 0 Å². The van der Waals surface area contributed by atoms with Crippen LogP contribution in [-0.2, 0) is 6.42 Å². The fourth-order valence-corrected chi connectivity index (χ4v) is 1.60. The molecule has 16 heavy (non-hydrogen) atoms. The average molecular weight is 215 g/mol. The first-order valence-corrected chi connectivity index (χ1v) is 5.15. The van der Waals surface area contributed by atoms with E-state index in [4.69, 9.17) is 5.73 Å². The van der Waals surface area contributed by atoms with Gasteiger partial charge < -0.3 is 5.73 Å². The largest absolute Gasteiger partial charge is 0.398 e. The zero-order valence-electron chi connectivity index (χ0n) is 9.05. The first-order valence-electron chi connectivity index (χ1n) is 5.15. The van der Waals surface area contributed by atoms with Crippen LogP contribution in [-0.4, -0.2) is 15.5 Å². The van der Waals surface area contributed by atoms with Crippen LogP contribution in [0.3, 0.4) is 0 Å². The Morgan fingerprint density at radius 2 is 2.19 bits per heavy atom. The van der Waals surface area contributed by atoms with Crippen LogP contribution in [0.1, 0.15) is 23.1 Å². The van der Waals surface area contributed by atoms with Gasteiger partial charge in [-0.25, -0.2) is 4.98 Å². The fraction of sp³-hybridized carbons (Fsp3) is 0.167. The molecule has 4 heteroatoms. The van der Waals surface area contributed by atoms with Crippen molar-refractivity contribution in [1.82, 2.24) is 9.55 Å². The second kappa shape index (κ2) is 4.18. The number of anilines is 1. The second-order valence-corrected chi connectivity index (χ2v) is 3.46. The highest BCUT2D eigenvalue weighted by Gasteiger charge is 2.13. The van der Waals surface area contributed by atoms with E-state index < -0.39 is 0 Å². The van der Waals surface area contributed by atoms with Crippen molar-refractivity contribution in [1.29, 1.82) is 0 Å². The van der Waals surface area contributed by atoms with Crippen LogP contribution in [0, 0.1) is 0 Å². The van der Waals surface area contributed by atoms with Gasteiger partial charge in [-0.1, -0.05) is 19.1 Å². The van der Waals surface area contributed by atoms with Crippen LogP contribution in [0.4, 0.5) is 5.69 Å². The predicted octanol–water partition coefficient (Wildman–Crippen LogP) is 1.72. The molecule has 4 nitrogen and oxygen atoms in total. The molecule has 2 rings (SSSR count). The molecule has 0 fully saturated rings. The number of nitrogens with two attached hydrogens (primary N) is 1. The maximum atomic E-state index is 12.2. The van der Waals surface area contributed by atoms with Crippen molar-refractivity contribution < 1.29 is 4.79 Å². The SMILES string of the molecule is CCc1nccn1C(=O)c1ccccc1N. The highest BCUT2D eigenvalue weighted by Crippen LogP contribution is 2.13. The molecular formula is C12H13N3O. The van der Waals surface area contributed by atoms with Crippen molar-refractivity contribution in [2.45, 2.75) is 13.3 Å². The van der Waals surface area contributed by atoms with Crippen LogP contribution in [0.2, 0.25) is 0 Å². The summed E-state index contributed by atoms with van der Waals surface area (Å²) in [6, 6.07) is 7.04. The average Bonchev–Trinajstić information content (AvgIpc) is 2.77. The molecule has 2 N–H and O–H groups in total. The van der Waals surface area contributed by atoms with Gasteiger partial charge in [-0.2, -0.15) is 0 Å². The van der Waals surface area contributed by atoms with Gasteiger partial charge in [0.05, 0.1) is 5.56 Å². The molecule has 0 unspecified atom stereocenters. The van der Waals surface area contributed by atoms with Crippen LogP contribution in [0.25, 0.3) is 0 Å². The molecular weight excluding hydrogens is 202 g/mol. The molecule has 0 atom stereocenters. The molecule has 1 aromatic carbocycles. The number of para-hydroxylation sites is 1. The molecule has 0 spiro atoms. The van der Waals surface area contributed by atoms with E-state index in [1.54, 1.807) is 36.7 Å². The quantitative estimate of drug-likeness (QED) is 0.776. The number of hydrogen-bond donors (Lipinski definition) is 1. The highest BCUT2D eigenvalue weighted by atomic mass is 16.2. The van der Waals surface area contributed by atoms with Gasteiger partial charge in [0.25, 0.3) is 5.91 Å². The summed E-state index contributed by atoms with van der Waals surface area (Å²) >= 11 is 0. The lowest BCUT2D eigenvalue weighted by Gasteiger charge is -2.07. The van der Waals surface area contributed by atoms with E-state index in [1.165, 1.54) is 4.57 Å². The Morgan fingerprint density at radius 3 is 2.88 bits per heavy atom. The highest BCUT2D eigenvalue weighted by molar-refractivity contribution is 6.00. The third-order valence-electron chi connectivity index (χ3n) is 2.44. The summed E-state index contributed by atoms with van der Waals surface area (Å²) in [4.78, 5) is 16.3. The molecule has 1 aromatic heterocycles. The Balaban J connectivity index is 2.44. The Bertz CT molecular complexity index is 516. The molecule has 1 heterocycles. The first kappa shape index (κ1) is 10.4. The third kappa shape index (κ3) is 1.69. The minimum Gasteiger partial charge on any atom is -0.398 e. The van der Waals surface area contributed by atoms with E-state index in [9.17, 15) is 4.79 Å². The molecule has 82 valence electrons. The number of nitrogens with zero attached hydrogens (tertiary/aromatic N) is 2. The van der Waals surface area contributed by atoms with Gasteiger partial charge in [0.2, 0.25) is 0 Å². The third-order valence-corrected chi connectivity index (χ3v) is 2.44. The second-order valence-electron chi connectivity index (χ2n) is 3.46.